The van der Waals surface area contributed by atoms with E-state index in [1.54, 1.807) is 55.5 Å². The highest BCUT2D eigenvalue weighted by Crippen LogP contribution is 2.65. The van der Waals surface area contributed by atoms with E-state index in [0.717, 1.165) is 16.4 Å². The van der Waals surface area contributed by atoms with Gasteiger partial charge in [0.1, 0.15) is 6.04 Å². The fourth-order valence-corrected chi connectivity index (χ4v) is 6.52. The minimum Gasteiger partial charge on any atom is -0.292 e. The van der Waals surface area contributed by atoms with E-state index in [0.29, 0.717) is 17.4 Å². The number of halogens is 1. The Bertz CT molecular complexity index is 1220. The molecule has 7 rings (SSSR count). The van der Waals surface area contributed by atoms with Crippen LogP contribution in [-0.2, 0) is 9.59 Å². The van der Waals surface area contributed by atoms with E-state index in [1.807, 2.05) is 0 Å². The van der Waals surface area contributed by atoms with Gasteiger partial charge in [0.05, 0.1) is 22.4 Å². The van der Waals surface area contributed by atoms with Crippen LogP contribution in [-0.4, -0.2) is 39.6 Å². The highest BCUT2D eigenvalue weighted by Gasteiger charge is 2.68. The second kappa shape index (κ2) is 7.64. The van der Waals surface area contributed by atoms with Gasteiger partial charge in [-0.15, -0.1) is 0 Å². The van der Waals surface area contributed by atoms with E-state index in [9.17, 15) is 19.2 Å². The van der Waals surface area contributed by atoms with Gasteiger partial charge in [0.15, 0.2) is 5.78 Å². The molecule has 0 N–H and O–H groups in total. The molecule has 3 amide bonds. The van der Waals surface area contributed by atoms with Crippen molar-refractivity contribution in [2.75, 3.05) is 0 Å². The third-order valence-corrected chi connectivity index (χ3v) is 8.30. The van der Waals surface area contributed by atoms with Crippen molar-refractivity contribution >= 4 is 35.1 Å². The van der Waals surface area contributed by atoms with Gasteiger partial charge in [-0.05, 0) is 49.1 Å². The number of rotatable bonds is 5. The summed E-state index contributed by atoms with van der Waals surface area (Å²) in [6, 6.07) is 13.9. The van der Waals surface area contributed by atoms with E-state index in [-0.39, 0.29) is 28.2 Å². The molecule has 0 spiro atoms. The fraction of sp³-hybridized carbons (Fsp3) is 0.333. The Hall–Kier alpha value is -3.25. The van der Waals surface area contributed by atoms with Crippen LogP contribution < -0.4 is 0 Å². The summed E-state index contributed by atoms with van der Waals surface area (Å²) in [4.78, 5) is 54.7. The smallest absolute Gasteiger partial charge is 0.275 e. The topological polar surface area (TPSA) is 74.8 Å². The lowest BCUT2D eigenvalue weighted by molar-refractivity contribution is -0.156. The monoisotopic (exact) mass is 474 g/mol. The van der Waals surface area contributed by atoms with Crippen LogP contribution in [0.2, 0.25) is 5.02 Å². The van der Waals surface area contributed by atoms with Crippen LogP contribution >= 0.6 is 11.6 Å². The lowest BCUT2D eigenvalue weighted by Crippen LogP contribution is -2.56. The third kappa shape index (κ3) is 2.94. The molecular formula is C27H23ClN2O4. The minimum atomic E-state index is -1.08. The number of imide groups is 1. The average molecular weight is 475 g/mol. The van der Waals surface area contributed by atoms with Gasteiger partial charge in [-0.1, -0.05) is 66.2 Å². The molecule has 0 unspecified atom stereocenters. The van der Waals surface area contributed by atoms with Crippen molar-refractivity contribution in [1.82, 2.24) is 10.0 Å². The number of carbonyl (C=O) groups excluding carboxylic acids is 4. The maximum Gasteiger partial charge on any atom is 0.275 e. The van der Waals surface area contributed by atoms with Gasteiger partial charge in [0.25, 0.3) is 17.7 Å². The molecule has 7 heteroatoms. The van der Waals surface area contributed by atoms with Crippen LogP contribution in [0.3, 0.4) is 0 Å². The Balaban J connectivity index is 1.42. The van der Waals surface area contributed by atoms with E-state index < -0.39 is 35.6 Å². The van der Waals surface area contributed by atoms with Gasteiger partial charge in [0.2, 0.25) is 0 Å². The molecule has 1 aliphatic heterocycles. The molecule has 4 aliphatic carbocycles. The normalized spacial score (nSPS) is 31.2. The number of ketones is 1. The lowest BCUT2D eigenvalue weighted by atomic mass is 9.63. The molecule has 1 heterocycles. The first-order chi connectivity index (χ1) is 16.4. The number of allylic oxidation sites excluding steroid dienone is 2. The first kappa shape index (κ1) is 21.3. The maximum absolute atomic E-state index is 13.8. The zero-order valence-electron chi connectivity index (χ0n) is 18.5. The van der Waals surface area contributed by atoms with E-state index in [1.165, 1.54) is 6.07 Å². The predicted molar refractivity (Wildman–Crippen MR) is 124 cm³/mol. The average Bonchev–Trinajstić information content (AvgIpc) is 3.64. The molecule has 34 heavy (non-hydrogen) atoms. The number of amides is 3. The van der Waals surface area contributed by atoms with Crippen LogP contribution in [0, 0.1) is 35.5 Å². The zero-order valence-corrected chi connectivity index (χ0v) is 19.3. The second-order valence-electron chi connectivity index (χ2n) is 9.68. The zero-order chi connectivity index (χ0) is 23.7. The Kier molecular flexibility index (Phi) is 4.78. The van der Waals surface area contributed by atoms with Gasteiger partial charge < -0.3 is 0 Å². The van der Waals surface area contributed by atoms with E-state index in [4.69, 9.17) is 11.6 Å². The second-order valence-corrected chi connectivity index (χ2v) is 10.1. The Morgan fingerprint density at radius 1 is 0.912 bits per heavy atom. The summed E-state index contributed by atoms with van der Waals surface area (Å²) >= 11 is 6.32. The standard InChI is InChI=1S/C27H23ClN2O4/c1-14(24(31)15-7-3-2-4-8-15)29(25(32)18-9-5-6-10-21(18)28)30-26(33)22-16-11-12-17(20-13-19(16)20)23(22)27(30)34/h2-12,14,16-17,19-20,22-23H,13H2,1H3/t14-,16+,17+,19+,20+,22-,23-/m1/s1. The van der Waals surface area contributed by atoms with Crippen molar-refractivity contribution in [3.05, 3.63) is 82.9 Å². The van der Waals surface area contributed by atoms with E-state index >= 15 is 0 Å². The number of hydrogen-bond acceptors (Lipinski definition) is 4. The van der Waals surface area contributed by atoms with Crippen LogP contribution in [0.25, 0.3) is 0 Å². The summed E-state index contributed by atoms with van der Waals surface area (Å²) in [7, 11) is 0. The van der Waals surface area contributed by atoms with Crippen LogP contribution in [0.15, 0.2) is 66.7 Å². The number of Topliss-reactive ketones (excluding diaryl/α,β-unsaturated/α-hetero) is 1. The Labute approximate surface area is 202 Å². The molecular weight excluding hydrogens is 452 g/mol. The van der Waals surface area contributed by atoms with Crippen LogP contribution in [0.1, 0.15) is 34.1 Å². The molecule has 5 aliphatic rings. The lowest BCUT2D eigenvalue weighted by Gasteiger charge is -2.37. The first-order valence-electron chi connectivity index (χ1n) is 11.6. The third-order valence-electron chi connectivity index (χ3n) is 7.97. The SMILES string of the molecule is C[C@H](C(=O)c1ccccc1)N(C(=O)c1ccccc1Cl)N1C(=O)[C@@H]2[C@H]3C=C[C@@H]([C@@H]4C[C@@H]34)[C@H]2C1=O. The number of hydrazine groups is 1. The Morgan fingerprint density at radius 3 is 2.06 bits per heavy atom. The highest BCUT2D eigenvalue weighted by molar-refractivity contribution is 6.34. The summed E-state index contributed by atoms with van der Waals surface area (Å²) in [5, 5.41) is 2.20. The molecule has 7 atom stereocenters. The molecule has 2 aromatic carbocycles. The van der Waals surface area contributed by atoms with Gasteiger partial charge in [-0.3, -0.25) is 19.2 Å². The first-order valence-corrected chi connectivity index (χ1v) is 12.0. The van der Waals surface area contributed by atoms with Crippen molar-refractivity contribution < 1.29 is 19.2 Å². The largest absolute Gasteiger partial charge is 0.292 e. The van der Waals surface area contributed by atoms with Crippen LogP contribution in [0.5, 0.6) is 0 Å². The highest BCUT2D eigenvalue weighted by atomic mass is 35.5. The summed E-state index contributed by atoms with van der Waals surface area (Å²) < 4.78 is 0. The van der Waals surface area contributed by atoms with Gasteiger partial charge in [0, 0.05) is 5.56 Å². The van der Waals surface area contributed by atoms with Gasteiger partial charge in [-0.2, -0.15) is 5.01 Å². The Morgan fingerprint density at radius 2 is 1.47 bits per heavy atom. The van der Waals surface area contributed by atoms with Crippen molar-refractivity contribution in [1.29, 1.82) is 0 Å². The van der Waals surface area contributed by atoms with Crippen molar-refractivity contribution in [3.63, 3.8) is 0 Å². The number of hydrogen-bond donors (Lipinski definition) is 0. The number of carbonyl (C=O) groups is 4. The molecule has 2 aromatic rings. The molecule has 3 fully saturated rings. The summed E-state index contributed by atoms with van der Waals surface area (Å²) in [5.41, 5.74) is 0.530. The maximum atomic E-state index is 13.8. The molecule has 172 valence electrons. The van der Waals surface area contributed by atoms with Crippen molar-refractivity contribution in [2.45, 2.75) is 19.4 Å². The minimum absolute atomic E-state index is 0.0128. The van der Waals surface area contributed by atoms with Gasteiger partial charge in [-0.25, -0.2) is 5.01 Å². The van der Waals surface area contributed by atoms with Crippen molar-refractivity contribution in [2.24, 2.45) is 35.5 Å². The molecule has 0 aromatic heterocycles. The quantitative estimate of drug-likeness (QED) is 0.372. The van der Waals surface area contributed by atoms with Gasteiger partial charge >= 0.3 is 0 Å². The predicted octanol–water partition coefficient (Wildman–Crippen LogP) is 4.02. The van der Waals surface area contributed by atoms with Crippen LogP contribution in [0.4, 0.5) is 0 Å². The summed E-state index contributed by atoms with van der Waals surface area (Å²) in [5.74, 6) is -1.86. The number of benzene rings is 2. The molecule has 6 nitrogen and oxygen atoms in total. The molecule has 1 saturated heterocycles. The van der Waals surface area contributed by atoms with Crippen molar-refractivity contribution in [3.8, 4) is 0 Å². The molecule has 2 bridgehead atoms. The molecule has 0 radical (unpaired) electrons. The summed E-state index contributed by atoms with van der Waals surface area (Å²) in [6.45, 7) is 1.55. The van der Waals surface area contributed by atoms with E-state index in [2.05, 4.69) is 12.2 Å². The number of nitrogens with zero attached hydrogens (tertiary/aromatic N) is 2. The molecule has 2 saturated carbocycles. The fourth-order valence-electron chi connectivity index (χ4n) is 6.31. The summed E-state index contributed by atoms with van der Waals surface area (Å²) in [6.07, 6.45) is 5.20.